The first-order chi connectivity index (χ1) is 16.2. The lowest BCUT2D eigenvalue weighted by Crippen LogP contribution is -2.40. The van der Waals surface area contributed by atoms with Crippen molar-refractivity contribution < 1.29 is 17.9 Å². The fraction of sp³-hybridized carbons (Fsp3) is 0.480. The Kier molecular flexibility index (Phi) is 7.04. The number of amides is 1. The van der Waals surface area contributed by atoms with E-state index in [1.807, 2.05) is 75.4 Å². The molecule has 0 saturated carbocycles. The SMILES string of the molecule is CC(C)(C)OC(=O)N1CCCN(CCCN2c3ccccc3N(c3ccccc3)S2(=O)=O)CC1. The molecule has 1 fully saturated rings. The van der Waals surface area contributed by atoms with E-state index in [2.05, 4.69) is 4.90 Å². The lowest BCUT2D eigenvalue weighted by molar-refractivity contribution is 0.0257. The third-order valence-corrected chi connectivity index (χ3v) is 7.75. The smallest absolute Gasteiger partial charge is 0.410 e. The van der Waals surface area contributed by atoms with Crippen LogP contribution in [0, 0.1) is 0 Å². The Bertz CT molecular complexity index is 1100. The van der Waals surface area contributed by atoms with Gasteiger partial charge in [0.05, 0.1) is 17.1 Å². The maximum absolute atomic E-state index is 13.5. The van der Waals surface area contributed by atoms with Gasteiger partial charge in [-0.15, -0.1) is 0 Å². The van der Waals surface area contributed by atoms with Gasteiger partial charge in [0.2, 0.25) is 0 Å². The number of nitrogens with zero attached hydrogens (tertiary/aromatic N) is 4. The van der Waals surface area contributed by atoms with Gasteiger partial charge >= 0.3 is 16.3 Å². The molecule has 0 aliphatic carbocycles. The monoisotopic (exact) mass is 486 g/mol. The highest BCUT2D eigenvalue weighted by atomic mass is 32.2. The predicted octanol–water partition coefficient (Wildman–Crippen LogP) is 4.22. The standard InChI is InChI=1S/C25H34N4O4S/c1-25(2,3)33-24(30)27-17-9-15-26(19-20-27)16-10-18-28-22-13-7-8-14-23(22)29(34(28,31)32)21-11-5-4-6-12-21/h4-8,11-14H,9-10,15-20H2,1-3H3. The Balaban J connectivity index is 1.38. The van der Waals surface area contributed by atoms with Gasteiger partial charge in [0.25, 0.3) is 0 Å². The van der Waals surface area contributed by atoms with Crippen molar-refractivity contribution in [3.8, 4) is 0 Å². The van der Waals surface area contributed by atoms with E-state index in [1.165, 1.54) is 8.61 Å². The molecule has 0 N–H and O–H groups in total. The number of ether oxygens (including phenoxy) is 1. The van der Waals surface area contributed by atoms with Gasteiger partial charge in [-0.1, -0.05) is 30.3 Å². The minimum absolute atomic E-state index is 0.268. The number of hydrogen-bond acceptors (Lipinski definition) is 5. The summed E-state index contributed by atoms with van der Waals surface area (Å²) in [6.45, 7) is 9.69. The average Bonchev–Trinajstić information content (AvgIpc) is 2.91. The van der Waals surface area contributed by atoms with E-state index in [0.29, 0.717) is 43.1 Å². The summed E-state index contributed by atoms with van der Waals surface area (Å²) in [5, 5.41) is 0. The van der Waals surface area contributed by atoms with Crippen molar-refractivity contribution in [3.63, 3.8) is 0 Å². The number of rotatable bonds is 5. The molecule has 1 amide bonds. The minimum Gasteiger partial charge on any atom is -0.444 e. The first kappa shape index (κ1) is 24.3. The van der Waals surface area contributed by atoms with E-state index in [4.69, 9.17) is 4.74 Å². The molecule has 1 saturated heterocycles. The third kappa shape index (κ3) is 5.31. The Morgan fingerprint density at radius 2 is 1.56 bits per heavy atom. The zero-order chi connectivity index (χ0) is 24.3. The first-order valence-corrected chi connectivity index (χ1v) is 13.2. The van der Waals surface area contributed by atoms with E-state index in [-0.39, 0.29) is 6.09 Å². The number of anilines is 3. The number of carbonyl (C=O) groups excluding carboxylic acids is 1. The molecule has 0 spiro atoms. The van der Waals surface area contributed by atoms with Gasteiger partial charge in [-0.3, -0.25) is 4.31 Å². The molecule has 2 aromatic rings. The van der Waals surface area contributed by atoms with Gasteiger partial charge in [0.1, 0.15) is 5.60 Å². The number of carbonyl (C=O) groups is 1. The van der Waals surface area contributed by atoms with Gasteiger partial charge in [-0.05, 0) is 71.0 Å². The lowest BCUT2D eigenvalue weighted by atomic mass is 10.2. The van der Waals surface area contributed by atoms with E-state index >= 15 is 0 Å². The molecule has 184 valence electrons. The molecule has 0 unspecified atom stereocenters. The maximum atomic E-state index is 13.5. The molecule has 8 nitrogen and oxygen atoms in total. The van der Waals surface area contributed by atoms with Crippen molar-refractivity contribution in [2.24, 2.45) is 0 Å². The largest absolute Gasteiger partial charge is 0.444 e. The predicted molar refractivity (Wildman–Crippen MR) is 135 cm³/mol. The number of para-hydroxylation sites is 3. The number of hydrogen-bond donors (Lipinski definition) is 0. The highest BCUT2D eigenvalue weighted by molar-refractivity contribution is 7.95. The fourth-order valence-electron chi connectivity index (χ4n) is 4.41. The topological polar surface area (TPSA) is 73.4 Å². The number of fused-ring (bicyclic) bond motifs is 1. The highest BCUT2D eigenvalue weighted by Crippen LogP contribution is 2.45. The Labute approximate surface area is 202 Å². The van der Waals surface area contributed by atoms with Crippen LogP contribution in [0.2, 0.25) is 0 Å². The molecule has 2 aromatic carbocycles. The number of benzene rings is 2. The van der Waals surface area contributed by atoms with E-state index in [0.717, 1.165) is 26.1 Å². The molecular formula is C25H34N4O4S. The van der Waals surface area contributed by atoms with E-state index in [9.17, 15) is 13.2 Å². The van der Waals surface area contributed by atoms with Crippen LogP contribution in [-0.4, -0.2) is 69.2 Å². The quantitative estimate of drug-likeness (QED) is 0.633. The van der Waals surface area contributed by atoms with Gasteiger partial charge in [-0.25, -0.2) is 9.10 Å². The zero-order valence-electron chi connectivity index (χ0n) is 20.2. The second-order valence-corrected chi connectivity index (χ2v) is 11.4. The van der Waals surface area contributed by atoms with E-state index in [1.54, 1.807) is 4.90 Å². The summed E-state index contributed by atoms with van der Waals surface area (Å²) in [5.74, 6) is 0. The van der Waals surface area contributed by atoms with Crippen LogP contribution in [0.1, 0.15) is 33.6 Å². The van der Waals surface area contributed by atoms with Gasteiger partial charge in [-0.2, -0.15) is 8.42 Å². The van der Waals surface area contributed by atoms with Crippen molar-refractivity contribution in [2.45, 2.75) is 39.2 Å². The van der Waals surface area contributed by atoms with Gasteiger partial charge in [0, 0.05) is 26.2 Å². The summed E-state index contributed by atoms with van der Waals surface area (Å²) in [6, 6.07) is 16.6. The van der Waals surface area contributed by atoms with Crippen LogP contribution in [0.15, 0.2) is 54.6 Å². The normalized spacial score (nSPS) is 18.5. The van der Waals surface area contributed by atoms with Gasteiger partial charge < -0.3 is 14.5 Å². The summed E-state index contributed by atoms with van der Waals surface area (Å²) >= 11 is 0. The fourth-order valence-corrected chi connectivity index (χ4v) is 6.16. The Morgan fingerprint density at radius 3 is 2.26 bits per heavy atom. The van der Waals surface area contributed by atoms with Crippen LogP contribution in [0.3, 0.4) is 0 Å². The average molecular weight is 487 g/mol. The Hall–Kier alpha value is -2.78. The van der Waals surface area contributed by atoms with Gasteiger partial charge in [0.15, 0.2) is 0 Å². The summed E-state index contributed by atoms with van der Waals surface area (Å²) < 4.78 is 35.4. The molecule has 0 aromatic heterocycles. The van der Waals surface area contributed by atoms with Crippen molar-refractivity contribution in [1.82, 2.24) is 9.80 Å². The third-order valence-electron chi connectivity index (χ3n) is 5.94. The molecule has 0 bridgehead atoms. The summed E-state index contributed by atoms with van der Waals surface area (Å²) in [4.78, 5) is 16.5. The second kappa shape index (κ2) is 9.84. The molecule has 0 radical (unpaired) electrons. The zero-order valence-corrected chi connectivity index (χ0v) is 21.0. The lowest BCUT2D eigenvalue weighted by Gasteiger charge is -2.26. The molecule has 9 heteroatoms. The van der Waals surface area contributed by atoms with Crippen LogP contribution >= 0.6 is 0 Å². The highest BCUT2D eigenvalue weighted by Gasteiger charge is 2.40. The second-order valence-electron chi connectivity index (χ2n) is 9.68. The van der Waals surface area contributed by atoms with Crippen molar-refractivity contribution >= 4 is 33.4 Å². The molecule has 34 heavy (non-hydrogen) atoms. The van der Waals surface area contributed by atoms with Crippen molar-refractivity contribution in [3.05, 3.63) is 54.6 Å². The molecule has 2 aliphatic heterocycles. The summed E-state index contributed by atoms with van der Waals surface area (Å²) in [6.07, 6.45) is 1.30. The minimum atomic E-state index is -3.71. The summed E-state index contributed by atoms with van der Waals surface area (Å²) in [7, 11) is -3.71. The van der Waals surface area contributed by atoms with Crippen molar-refractivity contribution in [1.29, 1.82) is 0 Å². The molecule has 0 atom stereocenters. The maximum Gasteiger partial charge on any atom is 0.410 e. The van der Waals surface area contributed by atoms with Crippen LogP contribution in [0.4, 0.5) is 21.9 Å². The van der Waals surface area contributed by atoms with Crippen molar-refractivity contribution in [2.75, 3.05) is 47.9 Å². The molecule has 2 heterocycles. The van der Waals surface area contributed by atoms with Crippen LogP contribution in [0.25, 0.3) is 0 Å². The van der Waals surface area contributed by atoms with Crippen LogP contribution in [-0.2, 0) is 14.9 Å². The summed E-state index contributed by atoms with van der Waals surface area (Å²) in [5.41, 5.74) is 1.51. The first-order valence-electron chi connectivity index (χ1n) is 11.8. The molecular weight excluding hydrogens is 452 g/mol. The Morgan fingerprint density at radius 1 is 0.882 bits per heavy atom. The molecule has 2 aliphatic rings. The molecule has 4 rings (SSSR count). The van der Waals surface area contributed by atoms with E-state index < -0.39 is 15.8 Å². The van der Waals surface area contributed by atoms with Crippen LogP contribution < -0.4 is 8.61 Å². The van der Waals surface area contributed by atoms with Crippen LogP contribution in [0.5, 0.6) is 0 Å².